The number of nitrogens with zero attached hydrogens (tertiary/aromatic N) is 2. The summed E-state index contributed by atoms with van der Waals surface area (Å²) < 4.78 is 5.40. The van der Waals surface area contributed by atoms with Gasteiger partial charge in [-0.3, -0.25) is 9.59 Å². The van der Waals surface area contributed by atoms with Crippen LogP contribution < -0.4 is 0 Å². The first kappa shape index (κ1) is 21.3. The molecule has 0 saturated carbocycles. The molecule has 152 valence electrons. The van der Waals surface area contributed by atoms with E-state index in [2.05, 4.69) is 0 Å². The molecular formula is C20H32N2O5. The van der Waals surface area contributed by atoms with Gasteiger partial charge >= 0.3 is 12.1 Å². The molecule has 7 heteroatoms. The second kappa shape index (κ2) is 8.76. The molecule has 27 heavy (non-hydrogen) atoms. The minimum absolute atomic E-state index is 0.0736. The van der Waals surface area contributed by atoms with Crippen LogP contribution in [-0.2, 0) is 14.3 Å². The van der Waals surface area contributed by atoms with E-state index in [9.17, 15) is 19.5 Å². The number of piperidine rings is 2. The van der Waals surface area contributed by atoms with E-state index in [0.717, 1.165) is 19.3 Å². The molecule has 0 bridgehead atoms. The lowest BCUT2D eigenvalue weighted by molar-refractivity contribution is -0.145. The molecule has 2 aliphatic rings. The largest absolute Gasteiger partial charge is 0.481 e. The Bertz CT molecular complexity index is 600. The van der Waals surface area contributed by atoms with Crippen LogP contribution in [0.3, 0.4) is 0 Å². The molecule has 1 atom stereocenters. The molecule has 2 saturated heterocycles. The predicted octanol–water partition coefficient (Wildman–Crippen LogP) is 2.90. The Labute approximate surface area is 161 Å². The maximum atomic E-state index is 12.6. The van der Waals surface area contributed by atoms with Gasteiger partial charge in [0.1, 0.15) is 5.60 Å². The molecule has 0 aromatic rings. The van der Waals surface area contributed by atoms with Crippen molar-refractivity contribution in [1.29, 1.82) is 0 Å². The Balaban J connectivity index is 1.87. The summed E-state index contributed by atoms with van der Waals surface area (Å²) in [6, 6.07) is 0. The highest BCUT2D eigenvalue weighted by atomic mass is 16.6. The number of aliphatic carboxylic acids is 1. The quantitative estimate of drug-likeness (QED) is 0.761. The summed E-state index contributed by atoms with van der Waals surface area (Å²) >= 11 is 0. The zero-order valence-electron chi connectivity index (χ0n) is 16.9. The standard InChI is InChI=1S/C20H32N2O5/c1-14(17(23)22-9-5-6-16(13-22)18(24)25)12-15-7-10-21(11-8-15)19(26)27-20(2,3)4/h12,15-16H,5-11,13H2,1-4H3,(H,24,25)/t16-/m1/s1. The van der Waals surface area contributed by atoms with Gasteiger partial charge in [-0.05, 0) is 59.3 Å². The molecule has 1 N–H and O–H groups in total. The fraction of sp³-hybridized carbons (Fsp3) is 0.750. The summed E-state index contributed by atoms with van der Waals surface area (Å²) in [7, 11) is 0. The molecule has 0 spiro atoms. The zero-order valence-corrected chi connectivity index (χ0v) is 16.9. The Morgan fingerprint density at radius 3 is 2.22 bits per heavy atom. The fourth-order valence-electron chi connectivity index (χ4n) is 3.61. The fourth-order valence-corrected chi connectivity index (χ4v) is 3.61. The van der Waals surface area contributed by atoms with Gasteiger partial charge in [0.05, 0.1) is 5.92 Å². The Hall–Kier alpha value is -2.05. The zero-order chi connectivity index (χ0) is 20.2. The average molecular weight is 380 g/mol. The molecule has 7 nitrogen and oxygen atoms in total. The van der Waals surface area contributed by atoms with E-state index in [1.165, 1.54) is 0 Å². The van der Waals surface area contributed by atoms with Gasteiger partial charge < -0.3 is 19.6 Å². The summed E-state index contributed by atoms with van der Waals surface area (Å²) in [4.78, 5) is 39.3. The van der Waals surface area contributed by atoms with Crippen LogP contribution in [0.2, 0.25) is 0 Å². The van der Waals surface area contributed by atoms with Gasteiger partial charge in [-0.25, -0.2) is 4.79 Å². The van der Waals surface area contributed by atoms with Crippen molar-refractivity contribution < 1.29 is 24.2 Å². The van der Waals surface area contributed by atoms with Crippen molar-refractivity contribution in [1.82, 2.24) is 9.80 Å². The third kappa shape index (κ3) is 6.26. The molecular weight excluding hydrogens is 348 g/mol. The highest BCUT2D eigenvalue weighted by Gasteiger charge is 2.30. The summed E-state index contributed by atoms with van der Waals surface area (Å²) in [5.41, 5.74) is 0.163. The Morgan fingerprint density at radius 1 is 1.04 bits per heavy atom. The number of carbonyl (C=O) groups excluding carboxylic acids is 2. The van der Waals surface area contributed by atoms with Gasteiger partial charge in [-0.15, -0.1) is 0 Å². The average Bonchev–Trinajstić information content (AvgIpc) is 2.60. The van der Waals surface area contributed by atoms with E-state index in [1.807, 2.05) is 26.8 Å². The summed E-state index contributed by atoms with van der Waals surface area (Å²) in [6.07, 6.45) is 4.64. The Morgan fingerprint density at radius 2 is 1.67 bits per heavy atom. The van der Waals surface area contributed by atoms with E-state index in [1.54, 1.807) is 16.7 Å². The molecule has 0 radical (unpaired) electrons. The van der Waals surface area contributed by atoms with Crippen LogP contribution in [0.5, 0.6) is 0 Å². The van der Waals surface area contributed by atoms with Crippen LogP contribution >= 0.6 is 0 Å². The van der Waals surface area contributed by atoms with Crippen LogP contribution in [0.15, 0.2) is 11.6 Å². The number of hydrogen-bond acceptors (Lipinski definition) is 4. The second-order valence-electron chi connectivity index (χ2n) is 8.58. The lowest BCUT2D eigenvalue weighted by Crippen LogP contribution is -2.43. The van der Waals surface area contributed by atoms with Crippen molar-refractivity contribution in [3.05, 3.63) is 11.6 Å². The SMILES string of the molecule is CC(=CC1CCN(C(=O)OC(C)(C)C)CC1)C(=O)N1CCC[C@@H](C(=O)O)C1. The number of carboxylic acid groups (broad SMARTS) is 1. The van der Waals surface area contributed by atoms with Crippen molar-refractivity contribution in [2.24, 2.45) is 11.8 Å². The first-order chi connectivity index (χ1) is 12.6. The van der Waals surface area contributed by atoms with E-state index in [4.69, 9.17) is 4.74 Å². The minimum Gasteiger partial charge on any atom is -0.481 e. The second-order valence-corrected chi connectivity index (χ2v) is 8.58. The molecule has 0 aliphatic carbocycles. The normalized spacial score (nSPS) is 22.5. The van der Waals surface area contributed by atoms with E-state index in [-0.39, 0.29) is 24.5 Å². The van der Waals surface area contributed by atoms with Crippen molar-refractivity contribution >= 4 is 18.0 Å². The highest BCUT2D eigenvalue weighted by Crippen LogP contribution is 2.23. The summed E-state index contributed by atoms with van der Waals surface area (Å²) in [5, 5.41) is 9.18. The van der Waals surface area contributed by atoms with Crippen molar-refractivity contribution in [3.8, 4) is 0 Å². The summed E-state index contributed by atoms with van der Waals surface area (Å²) in [5.74, 6) is -1.13. The number of hydrogen-bond donors (Lipinski definition) is 1. The van der Waals surface area contributed by atoms with Gasteiger partial charge in [-0.2, -0.15) is 0 Å². The van der Waals surface area contributed by atoms with Crippen LogP contribution in [0.25, 0.3) is 0 Å². The topological polar surface area (TPSA) is 87.2 Å². The van der Waals surface area contributed by atoms with E-state index in [0.29, 0.717) is 31.6 Å². The lowest BCUT2D eigenvalue weighted by Gasteiger charge is -2.33. The third-order valence-electron chi connectivity index (χ3n) is 5.07. The smallest absolute Gasteiger partial charge is 0.410 e. The van der Waals surface area contributed by atoms with E-state index >= 15 is 0 Å². The van der Waals surface area contributed by atoms with Crippen LogP contribution in [-0.4, -0.2) is 64.7 Å². The van der Waals surface area contributed by atoms with Crippen LogP contribution in [0, 0.1) is 11.8 Å². The molecule has 0 unspecified atom stereocenters. The molecule has 2 rings (SSSR count). The molecule has 2 fully saturated rings. The van der Waals surface area contributed by atoms with Gasteiger partial charge in [0.25, 0.3) is 0 Å². The maximum absolute atomic E-state index is 12.6. The molecule has 0 aromatic carbocycles. The lowest BCUT2D eigenvalue weighted by atomic mass is 9.93. The van der Waals surface area contributed by atoms with E-state index < -0.39 is 17.5 Å². The summed E-state index contributed by atoms with van der Waals surface area (Å²) in [6.45, 7) is 9.49. The first-order valence-electron chi connectivity index (χ1n) is 9.75. The molecule has 2 aliphatic heterocycles. The molecule has 2 heterocycles. The first-order valence-corrected chi connectivity index (χ1v) is 9.75. The maximum Gasteiger partial charge on any atom is 0.410 e. The van der Waals surface area contributed by atoms with Crippen LogP contribution in [0.1, 0.15) is 53.4 Å². The number of rotatable bonds is 3. The monoisotopic (exact) mass is 380 g/mol. The van der Waals surface area contributed by atoms with Crippen molar-refractivity contribution in [2.45, 2.75) is 59.0 Å². The number of carbonyl (C=O) groups is 3. The van der Waals surface area contributed by atoms with Gasteiger partial charge in [0, 0.05) is 31.8 Å². The number of ether oxygens (including phenoxy) is 1. The predicted molar refractivity (Wildman–Crippen MR) is 101 cm³/mol. The van der Waals surface area contributed by atoms with Crippen LogP contribution in [0.4, 0.5) is 4.79 Å². The Kier molecular flexibility index (Phi) is 6.89. The third-order valence-corrected chi connectivity index (χ3v) is 5.07. The molecule has 2 amide bonds. The van der Waals surface area contributed by atoms with Gasteiger partial charge in [0.2, 0.25) is 5.91 Å². The van der Waals surface area contributed by atoms with Crippen molar-refractivity contribution in [3.63, 3.8) is 0 Å². The van der Waals surface area contributed by atoms with Crippen molar-refractivity contribution in [2.75, 3.05) is 26.2 Å². The number of allylic oxidation sites excluding steroid dienone is 1. The molecule has 0 aromatic heterocycles. The van der Waals surface area contributed by atoms with Gasteiger partial charge in [0.15, 0.2) is 0 Å². The minimum atomic E-state index is -0.830. The highest BCUT2D eigenvalue weighted by molar-refractivity contribution is 5.93. The number of amides is 2. The van der Waals surface area contributed by atoms with Gasteiger partial charge in [-0.1, -0.05) is 6.08 Å². The number of carboxylic acids is 1. The number of likely N-dealkylation sites (tertiary alicyclic amines) is 2.